The maximum absolute atomic E-state index is 12.5. The predicted octanol–water partition coefficient (Wildman–Crippen LogP) is 3.91. The quantitative estimate of drug-likeness (QED) is 0.835. The van der Waals surface area contributed by atoms with E-state index in [1.54, 1.807) is 13.8 Å². The Morgan fingerprint density at radius 2 is 1.94 bits per heavy atom. The van der Waals surface area contributed by atoms with Gasteiger partial charge in [-0.2, -0.15) is 13.2 Å². The first-order valence-electron chi connectivity index (χ1n) is 5.21. The van der Waals surface area contributed by atoms with E-state index in [0.29, 0.717) is 0 Å². The summed E-state index contributed by atoms with van der Waals surface area (Å²) in [5.74, 6) is -0.338. The number of halogens is 4. The predicted molar refractivity (Wildman–Crippen MR) is 64.6 cm³/mol. The fraction of sp³-hybridized carbons (Fsp3) is 0.417. The van der Waals surface area contributed by atoms with Crippen LogP contribution in [0.5, 0.6) is 0 Å². The maximum Gasteiger partial charge on any atom is 0.416 e. The van der Waals surface area contributed by atoms with Crippen molar-refractivity contribution >= 4 is 23.2 Å². The molecule has 1 amide bonds. The number of amides is 1. The molecule has 0 aliphatic heterocycles. The molecule has 1 N–H and O–H groups in total. The van der Waals surface area contributed by atoms with Crippen molar-refractivity contribution in [2.24, 2.45) is 5.41 Å². The molecule has 0 saturated carbocycles. The Morgan fingerprint density at radius 3 is 2.44 bits per heavy atom. The Morgan fingerprint density at radius 1 is 1.33 bits per heavy atom. The number of hydrogen-bond donors (Lipinski definition) is 1. The Hall–Kier alpha value is -1.23. The van der Waals surface area contributed by atoms with Crippen LogP contribution >= 0.6 is 11.6 Å². The van der Waals surface area contributed by atoms with E-state index in [9.17, 15) is 18.0 Å². The SMILES string of the molecule is CC(C)(CCl)C(=O)Nc1cccc(C(F)(F)F)c1. The molecular weight excluding hydrogens is 267 g/mol. The zero-order chi connectivity index (χ0) is 14.0. The smallest absolute Gasteiger partial charge is 0.326 e. The number of benzene rings is 1. The van der Waals surface area contributed by atoms with Crippen molar-refractivity contribution in [2.45, 2.75) is 20.0 Å². The highest BCUT2D eigenvalue weighted by Crippen LogP contribution is 2.31. The second kappa shape index (κ2) is 5.18. The third-order valence-electron chi connectivity index (χ3n) is 2.40. The molecule has 0 fully saturated rings. The standard InChI is InChI=1S/C12H13ClF3NO/c1-11(2,7-13)10(18)17-9-5-3-4-8(6-9)12(14,15)16/h3-6H,7H2,1-2H3,(H,17,18). The van der Waals surface area contributed by atoms with Crippen molar-refractivity contribution in [3.63, 3.8) is 0 Å². The molecule has 0 spiro atoms. The zero-order valence-corrected chi connectivity index (χ0v) is 10.7. The molecule has 6 heteroatoms. The molecule has 0 radical (unpaired) electrons. The summed E-state index contributed by atoms with van der Waals surface area (Å²) in [4.78, 5) is 11.7. The van der Waals surface area contributed by atoms with Crippen LogP contribution in [0.15, 0.2) is 24.3 Å². The third kappa shape index (κ3) is 3.63. The van der Waals surface area contributed by atoms with Gasteiger partial charge in [0.1, 0.15) is 0 Å². The van der Waals surface area contributed by atoms with E-state index in [0.717, 1.165) is 12.1 Å². The van der Waals surface area contributed by atoms with Crippen molar-refractivity contribution in [1.29, 1.82) is 0 Å². The summed E-state index contributed by atoms with van der Waals surface area (Å²) in [6.45, 7) is 3.23. The van der Waals surface area contributed by atoms with Crippen molar-refractivity contribution in [1.82, 2.24) is 0 Å². The molecule has 0 bridgehead atoms. The van der Waals surface area contributed by atoms with E-state index in [1.807, 2.05) is 0 Å². The van der Waals surface area contributed by atoms with Gasteiger partial charge in [-0.15, -0.1) is 11.6 Å². The lowest BCUT2D eigenvalue weighted by molar-refractivity contribution is -0.137. The van der Waals surface area contributed by atoms with Gasteiger partial charge in [-0.25, -0.2) is 0 Å². The Kier molecular flexibility index (Phi) is 4.27. The minimum atomic E-state index is -4.43. The molecular formula is C12H13ClF3NO. The Balaban J connectivity index is 2.90. The summed E-state index contributed by atoms with van der Waals surface area (Å²) in [6.07, 6.45) is -4.43. The average molecular weight is 280 g/mol. The van der Waals surface area contributed by atoms with Gasteiger partial charge in [-0.1, -0.05) is 6.07 Å². The lowest BCUT2D eigenvalue weighted by Gasteiger charge is -2.20. The number of carbonyl (C=O) groups excluding carboxylic acids is 1. The van der Waals surface area contributed by atoms with E-state index in [2.05, 4.69) is 5.32 Å². The summed E-state index contributed by atoms with van der Waals surface area (Å²) in [5, 5.41) is 2.42. The summed E-state index contributed by atoms with van der Waals surface area (Å²) >= 11 is 5.62. The van der Waals surface area contributed by atoms with Crippen LogP contribution in [0, 0.1) is 5.41 Å². The van der Waals surface area contributed by atoms with E-state index in [1.165, 1.54) is 12.1 Å². The summed E-state index contributed by atoms with van der Waals surface area (Å²) < 4.78 is 37.4. The highest BCUT2D eigenvalue weighted by Gasteiger charge is 2.31. The topological polar surface area (TPSA) is 29.1 Å². The van der Waals surface area contributed by atoms with Crippen LogP contribution in [0.2, 0.25) is 0 Å². The summed E-state index contributed by atoms with van der Waals surface area (Å²) in [6, 6.07) is 4.48. The molecule has 0 aliphatic rings. The molecule has 100 valence electrons. The van der Waals surface area contributed by atoms with Crippen LogP contribution in [-0.4, -0.2) is 11.8 Å². The van der Waals surface area contributed by atoms with Crippen LogP contribution in [0.25, 0.3) is 0 Å². The lowest BCUT2D eigenvalue weighted by atomic mass is 9.95. The molecule has 0 aromatic heterocycles. The van der Waals surface area contributed by atoms with E-state index < -0.39 is 23.1 Å². The number of nitrogens with one attached hydrogen (secondary N) is 1. The van der Waals surface area contributed by atoms with Crippen LogP contribution in [-0.2, 0) is 11.0 Å². The fourth-order valence-electron chi connectivity index (χ4n) is 1.13. The minimum Gasteiger partial charge on any atom is -0.326 e. The van der Waals surface area contributed by atoms with Crippen molar-refractivity contribution in [3.8, 4) is 0 Å². The number of hydrogen-bond acceptors (Lipinski definition) is 1. The van der Waals surface area contributed by atoms with Gasteiger partial charge in [0.05, 0.1) is 11.0 Å². The van der Waals surface area contributed by atoms with Crippen molar-refractivity contribution in [2.75, 3.05) is 11.2 Å². The molecule has 18 heavy (non-hydrogen) atoms. The van der Waals surface area contributed by atoms with Crippen molar-refractivity contribution in [3.05, 3.63) is 29.8 Å². The first kappa shape index (κ1) is 14.8. The van der Waals surface area contributed by atoms with Crippen LogP contribution in [0.3, 0.4) is 0 Å². The molecule has 1 aromatic carbocycles. The van der Waals surface area contributed by atoms with Gasteiger partial charge < -0.3 is 5.32 Å². The lowest BCUT2D eigenvalue weighted by Crippen LogP contribution is -2.32. The van der Waals surface area contributed by atoms with Gasteiger partial charge in [0, 0.05) is 11.6 Å². The maximum atomic E-state index is 12.5. The van der Waals surface area contributed by atoms with E-state index >= 15 is 0 Å². The van der Waals surface area contributed by atoms with Crippen molar-refractivity contribution < 1.29 is 18.0 Å². The molecule has 1 aromatic rings. The van der Waals surface area contributed by atoms with Gasteiger partial charge in [-0.3, -0.25) is 4.79 Å². The molecule has 0 heterocycles. The highest BCUT2D eigenvalue weighted by atomic mass is 35.5. The number of anilines is 1. The second-order valence-corrected chi connectivity index (χ2v) is 4.82. The van der Waals surface area contributed by atoms with Gasteiger partial charge in [0.2, 0.25) is 5.91 Å². The Bertz CT molecular complexity index is 443. The first-order chi connectivity index (χ1) is 8.16. The second-order valence-electron chi connectivity index (χ2n) is 4.55. The van der Waals surface area contributed by atoms with Crippen LogP contribution < -0.4 is 5.32 Å². The molecule has 0 saturated heterocycles. The highest BCUT2D eigenvalue weighted by molar-refractivity contribution is 6.20. The average Bonchev–Trinajstić information content (AvgIpc) is 2.28. The normalized spacial score (nSPS) is 12.3. The van der Waals surface area contributed by atoms with E-state index in [4.69, 9.17) is 11.6 Å². The monoisotopic (exact) mass is 279 g/mol. The Labute approximate surface area is 108 Å². The molecule has 0 atom stereocenters. The zero-order valence-electron chi connectivity index (χ0n) is 9.94. The van der Waals surface area contributed by atoms with Gasteiger partial charge in [-0.05, 0) is 32.0 Å². The summed E-state index contributed by atoms with van der Waals surface area (Å²) in [5.41, 5.74) is -1.53. The largest absolute Gasteiger partial charge is 0.416 e. The van der Waals surface area contributed by atoms with Gasteiger partial charge in [0.25, 0.3) is 0 Å². The molecule has 0 aliphatic carbocycles. The molecule has 0 unspecified atom stereocenters. The number of rotatable bonds is 3. The number of alkyl halides is 4. The minimum absolute atomic E-state index is 0.0811. The van der Waals surface area contributed by atoms with Crippen LogP contribution in [0.4, 0.5) is 18.9 Å². The van der Waals surface area contributed by atoms with Crippen LogP contribution in [0.1, 0.15) is 19.4 Å². The van der Waals surface area contributed by atoms with E-state index in [-0.39, 0.29) is 11.6 Å². The van der Waals surface area contributed by atoms with Gasteiger partial charge >= 0.3 is 6.18 Å². The molecule has 2 nitrogen and oxygen atoms in total. The summed E-state index contributed by atoms with van der Waals surface area (Å²) in [7, 11) is 0. The number of carbonyl (C=O) groups is 1. The molecule has 1 rings (SSSR count). The van der Waals surface area contributed by atoms with Gasteiger partial charge in [0.15, 0.2) is 0 Å². The third-order valence-corrected chi connectivity index (χ3v) is 3.06. The fourth-order valence-corrected chi connectivity index (χ4v) is 1.26. The first-order valence-corrected chi connectivity index (χ1v) is 5.75.